The summed E-state index contributed by atoms with van der Waals surface area (Å²) in [5, 5.41) is 13.5. The first-order valence-electron chi connectivity index (χ1n) is 5.37. The summed E-state index contributed by atoms with van der Waals surface area (Å²) in [7, 11) is 0. The molecule has 0 aromatic heterocycles. The van der Waals surface area contributed by atoms with Crippen molar-refractivity contribution in [2.45, 2.75) is 17.8 Å². The van der Waals surface area contributed by atoms with Crippen LogP contribution in [-0.2, 0) is 4.74 Å². The highest BCUT2D eigenvalue weighted by atomic mass is 35.5. The smallest absolute Gasteiger partial charge is 0.381 e. The SMILES string of the molecule is CCNC(=NCC1CCOC1)C(Cl)(Cl)[N+](=O)[O-]. The number of hydrogen-bond donors (Lipinski definition) is 1. The zero-order valence-corrected chi connectivity index (χ0v) is 11.0. The number of nitrogens with zero attached hydrogens (tertiary/aromatic N) is 2. The quantitative estimate of drug-likeness (QED) is 0.207. The maximum Gasteiger partial charge on any atom is 0.427 e. The molecule has 0 saturated carbocycles. The second-order valence-corrected chi connectivity index (χ2v) is 5.04. The third-order valence-electron chi connectivity index (χ3n) is 2.39. The van der Waals surface area contributed by atoms with E-state index in [-0.39, 0.29) is 11.8 Å². The molecule has 1 heterocycles. The van der Waals surface area contributed by atoms with Gasteiger partial charge in [-0.2, -0.15) is 0 Å². The molecule has 0 amide bonds. The van der Waals surface area contributed by atoms with E-state index in [1.165, 1.54) is 0 Å². The van der Waals surface area contributed by atoms with Gasteiger partial charge in [0.25, 0.3) is 0 Å². The number of nitro groups is 1. The van der Waals surface area contributed by atoms with Gasteiger partial charge in [0.2, 0.25) is 5.84 Å². The average Bonchev–Trinajstić information content (AvgIpc) is 2.76. The van der Waals surface area contributed by atoms with E-state index in [0.29, 0.717) is 26.3 Å². The highest BCUT2D eigenvalue weighted by molar-refractivity contribution is 6.57. The molecule has 1 aliphatic heterocycles. The number of hydrogen-bond acceptors (Lipinski definition) is 4. The van der Waals surface area contributed by atoms with Gasteiger partial charge in [-0.25, -0.2) is 0 Å². The van der Waals surface area contributed by atoms with E-state index in [9.17, 15) is 10.1 Å². The van der Waals surface area contributed by atoms with Crippen LogP contribution in [0.15, 0.2) is 4.99 Å². The third kappa shape index (κ3) is 3.97. The summed E-state index contributed by atoms with van der Waals surface area (Å²) in [6.45, 7) is 4.02. The van der Waals surface area contributed by atoms with Gasteiger partial charge in [-0.1, -0.05) is 0 Å². The van der Waals surface area contributed by atoms with Crippen molar-refractivity contribution in [2.24, 2.45) is 10.9 Å². The molecule has 1 saturated heterocycles. The van der Waals surface area contributed by atoms with Crippen molar-refractivity contribution < 1.29 is 9.66 Å². The normalized spacial score (nSPS) is 21.6. The van der Waals surface area contributed by atoms with Crippen molar-refractivity contribution in [2.75, 3.05) is 26.3 Å². The molecule has 1 N–H and O–H groups in total. The summed E-state index contributed by atoms with van der Waals surface area (Å²) < 4.78 is 2.98. The number of rotatable bonds is 5. The van der Waals surface area contributed by atoms with Gasteiger partial charge in [0.05, 0.1) is 11.5 Å². The predicted octanol–water partition coefficient (Wildman–Crippen LogP) is 1.44. The van der Waals surface area contributed by atoms with Gasteiger partial charge < -0.3 is 10.1 Å². The highest BCUT2D eigenvalue weighted by Gasteiger charge is 2.44. The van der Waals surface area contributed by atoms with Crippen LogP contribution in [0.25, 0.3) is 0 Å². The predicted molar refractivity (Wildman–Crippen MR) is 66.3 cm³/mol. The molecule has 0 aromatic rings. The molecule has 1 rings (SSSR count). The topological polar surface area (TPSA) is 76.8 Å². The number of halogens is 2. The molecule has 0 radical (unpaired) electrons. The third-order valence-corrected chi connectivity index (χ3v) is 3.02. The van der Waals surface area contributed by atoms with Crippen molar-refractivity contribution in [3.63, 3.8) is 0 Å². The Morgan fingerprint density at radius 3 is 2.88 bits per heavy atom. The second-order valence-electron chi connectivity index (χ2n) is 3.75. The van der Waals surface area contributed by atoms with Gasteiger partial charge in [0, 0.05) is 25.6 Å². The Kier molecular flexibility index (Phi) is 5.42. The molecule has 0 aromatic carbocycles. The largest absolute Gasteiger partial charge is 0.427 e. The molecule has 8 heteroatoms. The molecule has 98 valence electrons. The van der Waals surface area contributed by atoms with Crippen LogP contribution in [0.3, 0.4) is 0 Å². The zero-order valence-electron chi connectivity index (χ0n) is 9.49. The Balaban J connectivity index is 2.69. The van der Waals surface area contributed by atoms with Gasteiger partial charge >= 0.3 is 4.46 Å². The van der Waals surface area contributed by atoms with Crippen LogP contribution in [0.2, 0.25) is 0 Å². The molecule has 0 aliphatic carbocycles. The lowest BCUT2D eigenvalue weighted by molar-refractivity contribution is -0.497. The number of ether oxygens (including phenoxy) is 1. The van der Waals surface area contributed by atoms with E-state index >= 15 is 0 Å². The Morgan fingerprint density at radius 2 is 2.41 bits per heavy atom. The van der Waals surface area contributed by atoms with Crippen molar-refractivity contribution in [1.29, 1.82) is 0 Å². The van der Waals surface area contributed by atoms with Crippen LogP contribution in [0.5, 0.6) is 0 Å². The first-order valence-corrected chi connectivity index (χ1v) is 6.13. The molecule has 1 aliphatic rings. The van der Waals surface area contributed by atoms with E-state index in [2.05, 4.69) is 10.3 Å². The van der Waals surface area contributed by atoms with Crippen LogP contribution in [0, 0.1) is 16.0 Å². The Labute approximate surface area is 109 Å². The minimum absolute atomic E-state index is 0.0137. The molecular formula is C9H15Cl2N3O3. The van der Waals surface area contributed by atoms with Crippen LogP contribution in [-0.4, -0.2) is 41.5 Å². The maximum absolute atomic E-state index is 10.7. The summed E-state index contributed by atoms with van der Waals surface area (Å²) in [4.78, 5) is 14.1. The molecule has 1 unspecified atom stereocenters. The van der Waals surface area contributed by atoms with E-state index in [1.54, 1.807) is 6.92 Å². The molecular weight excluding hydrogens is 269 g/mol. The van der Waals surface area contributed by atoms with Crippen LogP contribution < -0.4 is 5.32 Å². The molecule has 1 fully saturated rings. The monoisotopic (exact) mass is 283 g/mol. The second kappa shape index (κ2) is 6.37. The molecule has 17 heavy (non-hydrogen) atoms. The van der Waals surface area contributed by atoms with E-state index in [1.807, 2.05) is 0 Å². The fourth-order valence-electron chi connectivity index (χ4n) is 1.46. The zero-order chi connectivity index (χ0) is 12.9. The Hall–Kier alpha value is -0.590. The van der Waals surface area contributed by atoms with Gasteiger partial charge in [0.1, 0.15) is 0 Å². The summed E-state index contributed by atoms with van der Waals surface area (Å²) in [5.74, 6) is 0.264. The Bertz CT molecular complexity index is 304. The lowest BCUT2D eigenvalue weighted by Gasteiger charge is -2.15. The summed E-state index contributed by atoms with van der Waals surface area (Å²) in [6.07, 6.45) is 0.902. The lowest BCUT2D eigenvalue weighted by Crippen LogP contribution is -2.44. The summed E-state index contributed by atoms with van der Waals surface area (Å²) in [6, 6.07) is 0. The minimum atomic E-state index is -2.21. The first-order chi connectivity index (χ1) is 7.98. The van der Waals surface area contributed by atoms with Crippen LogP contribution in [0.4, 0.5) is 0 Å². The van der Waals surface area contributed by atoms with Gasteiger partial charge in [-0.15, -0.1) is 0 Å². The lowest BCUT2D eigenvalue weighted by atomic mass is 10.1. The van der Waals surface area contributed by atoms with Gasteiger partial charge in [0.15, 0.2) is 0 Å². The fraction of sp³-hybridized carbons (Fsp3) is 0.889. The molecule has 6 nitrogen and oxygen atoms in total. The minimum Gasteiger partial charge on any atom is -0.381 e. The summed E-state index contributed by atoms with van der Waals surface area (Å²) in [5.41, 5.74) is 0. The Morgan fingerprint density at radius 1 is 1.71 bits per heavy atom. The van der Waals surface area contributed by atoms with Crippen molar-refractivity contribution >= 4 is 29.0 Å². The van der Waals surface area contributed by atoms with E-state index < -0.39 is 9.38 Å². The van der Waals surface area contributed by atoms with Crippen molar-refractivity contribution in [1.82, 2.24) is 5.32 Å². The van der Waals surface area contributed by atoms with E-state index in [0.717, 1.165) is 6.42 Å². The standard InChI is InChI=1S/C9H15Cl2N3O3/c1-2-12-8(9(10,11)14(15)16)13-5-7-3-4-17-6-7/h7H,2-6H2,1H3,(H,12,13). The highest BCUT2D eigenvalue weighted by Crippen LogP contribution is 2.23. The number of alkyl halides is 2. The fourth-order valence-corrected chi connectivity index (χ4v) is 1.71. The number of amidine groups is 1. The average molecular weight is 284 g/mol. The first kappa shape index (κ1) is 14.5. The molecule has 0 bridgehead atoms. The van der Waals surface area contributed by atoms with Gasteiger partial charge in [-0.05, 0) is 36.5 Å². The number of likely N-dealkylation sites (N-methyl/N-ethyl adjacent to an activating group) is 1. The molecule has 0 spiro atoms. The van der Waals surface area contributed by atoms with Crippen LogP contribution >= 0.6 is 23.2 Å². The van der Waals surface area contributed by atoms with Gasteiger partial charge in [-0.3, -0.25) is 15.1 Å². The maximum atomic E-state index is 10.7. The van der Waals surface area contributed by atoms with Crippen molar-refractivity contribution in [3.8, 4) is 0 Å². The van der Waals surface area contributed by atoms with E-state index in [4.69, 9.17) is 27.9 Å². The number of nitrogens with one attached hydrogen (secondary N) is 1. The molecule has 1 atom stereocenters. The summed E-state index contributed by atoms with van der Waals surface area (Å²) >= 11 is 11.3. The number of aliphatic imine (C=N–C) groups is 1. The van der Waals surface area contributed by atoms with Crippen LogP contribution in [0.1, 0.15) is 13.3 Å². The van der Waals surface area contributed by atoms with Crippen molar-refractivity contribution in [3.05, 3.63) is 10.1 Å².